The Hall–Kier alpha value is -12.1. The number of nitrogens with zero attached hydrogens (tertiary/aromatic N) is 2. The van der Waals surface area contributed by atoms with Crippen LogP contribution in [0.4, 0.5) is 0 Å². The minimum Gasteiger partial charge on any atom is -0.469 e. The number of nitrogens with one attached hydrogen (secondary N) is 8. The molecular weight excluding hydrogens is 1800 g/mol. The molecule has 45 nitrogen and oxygen atoms in total. The first kappa shape index (κ1) is 191. The number of likely N-dealkylation sites (N-methyl/N-ethyl adjacent to an activating group) is 2. The number of ether oxygens (including phenoxy) is 1. The van der Waals surface area contributed by atoms with Gasteiger partial charge in [-0.3, -0.25) is 34.0 Å². The zero-order chi connectivity index (χ0) is 98.1. The zero-order valence-corrected chi connectivity index (χ0v) is 87.8. The van der Waals surface area contributed by atoms with Crippen molar-refractivity contribution in [3.63, 3.8) is 0 Å². The molecule has 0 radical (unpaired) electrons. The summed E-state index contributed by atoms with van der Waals surface area (Å²) in [5, 5.41) is 19.7. The maximum absolute atomic E-state index is 11.9. The predicted molar refractivity (Wildman–Crippen MR) is 587 cm³/mol. The van der Waals surface area contributed by atoms with Gasteiger partial charge < -0.3 is 209 Å². The maximum Gasteiger partial charge on any atom is 0.306 e. The number of aliphatic imine (C=N–C) groups is 2. The number of hydrogen-bond acceptors (Lipinski definition) is 35. The molecule has 6 aromatic rings. The van der Waals surface area contributed by atoms with Gasteiger partial charge in [0.15, 0.2) is 11.9 Å². The molecule has 2 aliphatic heterocycles. The van der Waals surface area contributed by atoms with Crippen molar-refractivity contribution in [3.8, 4) is 0 Å². The molecule has 826 valence electrons. The molecule has 45 heteroatoms. The molecule has 10 rings (SSSR count). The number of hydrogen-bond donors (Lipinski definition) is 27. The Labute approximate surface area is 839 Å². The van der Waals surface area contributed by atoms with Crippen LogP contribution in [0.1, 0.15) is 231 Å². The monoisotopic (exact) mass is 2010 g/mol. The molecule has 4 aromatic carbocycles. The number of unbranched alkanes of at least 4 members (excludes halogenated alkanes) is 4. The molecule has 2 saturated heterocycles. The Kier molecular flexibility index (Phi) is 215. The summed E-state index contributed by atoms with van der Waals surface area (Å²) in [5.41, 5.74) is 32.9. The van der Waals surface area contributed by atoms with E-state index in [9.17, 15) is 24.0 Å². The third-order valence-electron chi connectivity index (χ3n) is 18.5. The van der Waals surface area contributed by atoms with E-state index in [-0.39, 0.29) is 134 Å². The van der Waals surface area contributed by atoms with Gasteiger partial charge in [0, 0.05) is 87.1 Å². The Bertz CT molecular complexity index is 3270. The lowest BCUT2D eigenvalue weighted by Gasteiger charge is -2.18. The number of rotatable bonds is 26. The number of carbonyl (C=O) groups excluding carboxylic acids is 15. The summed E-state index contributed by atoms with van der Waals surface area (Å²) < 4.78 is 4.47. The number of carbonyl (C=O) groups is 15. The van der Waals surface area contributed by atoms with Crippen molar-refractivity contribution in [1.29, 1.82) is 0 Å². The molecule has 4 amide bonds. The Morgan fingerprint density at radius 3 is 0.900 bits per heavy atom. The average Bonchev–Trinajstić information content (AvgIpc) is 1.70. The normalized spacial score (nSPS) is 10.8. The minimum atomic E-state index is -0.664. The van der Waals surface area contributed by atoms with Gasteiger partial charge in [-0.1, -0.05) is 235 Å². The van der Waals surface area contributed by atoms with Crippen molar-refractivity contribution < 1.29 is 76.7 Å². The SMILES string of the molecule is C1CCNC1.C1CCNC1.C=O.C=O.C=O.C=O.C=O.C=O.C=O.C=O.C=O.C=O.CCC1CCCCC1.CCC1CCCCC1.CCCCN=C(N)N.CCCCN=C(N)N.CCc1c[nH]c2ccccc12.CCc1c[nH]c2ccccc12.CNC(=O)[C@H](Cc1ccccc1)NC(=O)CCC(=O)OC.CNC(=O)[C@H](Cc1ccccc1)NC(=O)CCCCCN.N.N.N.N.N.N.N.N.N.N.N.N.N.N. The molecule has 60 N–H and O–H groups in total. The molecule has 2 aliphatic carbocycles. The molecule has 0 spiro atoms. The first-order chi connectivity index (χ1) is 61.5. The van der Waals surface area contributed by atoms with Gasteiger partial charge in [-0.05, 0) is 143 Å². The van der Waals surface area contributed by atoms with Crippen molar-refractivity contribution in [3.05, 3.63) is 144 Å². The Morgan fingerprint density at radius 2 is 0.664 bits per heavy atom. The number of aromatic amines is 2. The second-order valence-corrected chi connectivity index (χ2v) is 27.0. The fraction of sp³-hybridized carbons (Fsp3) is 0.526. The molecule has 4 aliphatic rings. The number of para-hydroxylation sites is 2. The number of amides is 4. The van der Waals surface area contributed by atoms with Crippen LogP contribution in [0.25, 0.3) is 21.8 Å². The molecule has 4 heterocycles. The first-order valence-electron chi connectivity index (χ1n) is 42.8. The fourth-order valence-electron chi connectivity index (χ4n) is 11.9. The number of guanidine groups is 2. The summed E-state index contributed by atoms with van der Waals surface area (Å²) in [7, 11) is 4.36. The second-order valence-electron chi connectivity index (χ2n) is 27.0. The lowest BCUT2D eigenvalue weighted by molar-refractivity contribution is -0.142. The smallest absolute Gasteiger partial charge is 0.306 e. The molecule has 0 unspecified atom stereocenters. The van der Waals surface area contributed by atoms with Crippen LogP contribution in [-0.4, -0.2) is 198 Å². The van der Waals surface area contributed by atoms with Crippen LogP contribution in [0.15, 0.2) is 132 Å². The number of aromatic nitrogens is 2. The van der Waals surface area contributed by atoms with Crippen LogP contribution in [0.3, 0.4) is 0 Å². The molecular formula is C95H205N29O16. The van der Waals surface area contributed by atoms with E-state index in [1.54, 1.807) is 7.05 Å². The number of fused-ring (bicyclic) bond motifs is 2. The summed E-state index contributed by atoms with van der Waals surface area (Å²) in [6, 6.07) is 34.7. The topological polar surface area (TPSA) is 1010 Å². The highest BCUT2D eigenvalue weighted by molar-refractivity contribution is 5.89. The standard InChI is InChI=1S/C16H25N3O2.C15H20N2O4.2C10H11N.2C8H16.2C5H13N3.2C4H9N.10CH2O.14H3N/c1-18-16(21)14(12-13-8-4-2-5-9-13)19-15(20)10-6-3-7-11-17;1-16-15(20)12(10-11-6-4-3-5-7-11)17-13(18)8-9-14(19)21-2;2*1-2-8-7-11-10-6-4-3-5-9(8)10;2*1-2-8-6-4-3-5-7-8;2*1-2-3-4-8-5(6)7;2*1-2-4-5-3-1;10*1-2;;;;;;;;;;;;;;/h2,4-5,8-9,14H,3,6-7,10-12,17H2,1H3,(H,18,21)(H,19,20);3-7,12H,8-10H2,1-2H3,(H,16,20)(H,17,18);2*3-7,11H,2H2,1H3;2*8H,2-7H2,1H3;2*2-4H2,1H3,(H4,6,7,8);2*5H,1-4H2;10*1H2;14*1H3/t14-;12-;;;;;;;;;;;;;;;;;;;;;;;;;;;;;;;;/m00................................/s1. The van der Waals surface area contributed by atoms with Gasteiger partial charge in [0.05, 0.1) is 13.5 Å². The lowest BCUT2D eigenvalue weighted by atomic mass is 9.88. The third-order valence-corrected chi connectivity index (χ3v) is 18.5. The van der Waals surface area contributed by atoms with E-state index in [2.05, 4.69) is 159 Å². The maximum atomic E-state index is 11.9. The number of aryl methyl sites for hydroxylation is 2. The van der Waals surface area contributed by atoms with Crippen molar-refractivity contribution in [2.75, 3.05) is 67.0 Å². The van der Waals surface area contributed by atoms with Gasteiger partial charge >= 0.3 is 5.97 Å². The summed E-state index contributed by atoms with van der Waals surface area (Å²) in [6.07, 6.45) is 38.2. The Balaban J connectivity index is -0.0000000481. The highest BCUT2D eigenvalue weighted by atomic mass is 16.5. The number of methoxy groups -OCH3 is 1. The van der Waals surface area contributed by atoms with E-state index in [0.29, 0.717) is 25.8 Å². The number of esters is 1. The van der Waals surface area contributed by atoms with E-state index >= 15 is 0 Å². The zero-order valence-electron chi connectivity index (χ0n) is 87.8. The van der Waals surface area contributed by atoms with Gasteiger partial charge in [-0.2, -0.15) is 0 Å². The van der Waals surface area contributed by atoms with Crippen molar-refractivity contribution in [2.24, 2.45) is 50.5 Å². The quantitative estimate of drug-likeness (QED) is 0.0104. The third kappa shape index (κ3) is 118. The summed E-state index contributed by atoms with van der Waals surface area (Å²) >= 11 is 0. The van der Waals surface area contributed by atoms with Gasteiger partial charge in [0.25, 0.3) is 0 Å². The van der Waals surface area contributed by atoms with E-state index in [4.69, 9.17) is 76.6 Å². The number of H-pyrrole nitrogens is 2. The highest BCUT2D eigenvalue weighted by Gasteiger charge is 2.22. The van der Waals surface area contributed by atoms with E-state index in [0.717, 1.165) is 93.8 Å². The van der Waals surface area contributed by atoms with Gasteiger partial charge in [0.2, 0.25) is 23.6 Å². The molecule has 2 atom stereocenters. The van der Waals surface area contributed by atoms with Gasteiger partial charge in [0.1, 0.15) is 80.0 Å². The van der Waals surface area contributed by atoms with E-state index in [1.165, 1.54) is 176 Å². The predicted octanol–water partition coefficient (Wildman–Crippen LogP) is 14.1. The lowest BCUT2D eigenvalue weighted by Crippen LogP contribution is -2.47. The van der Waals surface area contributed by atoms with Crippen molar-refractivity contribution in [2.45, 2.75) is 246 Å². The molecule has 2 saturated carbocycles. The first-order valence-corrected chi connectivity index (χ1v) is 42.8. The fourth-order valence-corrected chi connectivity index (χ4v) is 11.9. The Morgan fingerprint density at radius 1 is 0.379 bits per heavy atom. The molecule has 4 fully saturated rings. The molecule has 0 bridgehead atoms. The second kappa shape index (κ2) is 158. The average molecular weight is 2010 g/mol. The summed E-state index contributed by atoms with van der Waals surface area (Å²) in [5.74, 6) is 1.22. The van der Waals surface area contributed by atoms with E-state index < -0.39 is 18.1 Å². The van der Waals surface area contributed by atoms with Crippen molar-refractivity contribution in [1.82, 2.24) is 128 Å². The number of nitrogens with two attached hydrogens (primary N) is 5. The van der Waals surface area contributed by atoms with Gasteiger partial charge in [-0.15, -0.1) is 0 Å². The van der Waals surface area contributed by atoms with Crippen LogP contribution < -0.4 is 147 Å². The van der Waals surface area contributed by atoms with Crippen LogP contribution >= 0.6 is 0 Å². The molecule has 140 heavy (non-hydrogen) atoms. The summed E-state index contributed by atoms with van der Waals surface area (Å²) in [6.45, 7) is 40.4. The van der Waals surface area contributed by atoms with Crippen molar-refractivity contribution >= 4 is 131 Å². The van der Waals surface area contributed by atoms with E-state index in [1.807, 2.05) is 129 Å². The van der Waals surface area contributed by atoms with Gasteiger partial charge in [-0.25, -0.2) is 0 Å². The molecule has 2 aromatic heterocycles. The van der Waals surface area contributed by atoms with Crippen LogP contribution in [-0.2, 0) is 102 Å². The van der Waals surface area contributed by atoms with Crippen LogP contribution in [0, 0.1) is 11.8 Å². The highest BCUT2D eigenvalue weighted by Crippen LogP contribution is 2.27. The largest absolute Gasteiger partial charge is 0.469 e. The summed E-state index contributed by atoms with van der Waals surface area (Å²) in [4.78, 5) is 152. The van der Waals surface area contributed by atoms with Crippen LogP contribution in [0.5, 0.6) is 0 Å². The minimum absolute atomic E-state index is 0. The number of benzene rings is 4. The van der Waals surface area contributed by atoms with Crippen LogP contribution in [0.2, 0.25) is 0 Å².